The van der Waals surface area contributed by atoms with Gasteiger partial charge in [-0.15, -0.1) is 0 Å². The number of fused-ring (bicyclic) bond motifs is 9. The van der Waals surface area contributed by atoms with Crippen molar-refractivity contribution < 1.29 is 0 Å². The van der Waals surface area contributed by atoms with Crippen LogP contribution in [0.1, 0.15) is 25.0 Å². The summed E-state index contributed by atoms with van der Waals surface area (Å²) >= 11 is 0. The van der Waals surface area contributed by atoms with Crippen molar-refractivity contribution in [2.75, 3.05) is 4.90 Å². The largest absolute Gasteiger partial charge is 0.310 e. The lowest BCUT2D eigenvalue weighted by atomic mass is 9.82. The molecule has 0 saturated carbocycles. The molecule has 0 fully saturated rings. The Balaban J connectivity index is 1.08. The first-order valence-electron chi connectivity index (χ1n) is 20.3. The normalized spacial score (nSPS) is 12.8. The van der Waals surface area contributed by atoms with E-state index in [0.29, 0.717) is 0 Å². The van der Waals surface area contributed by atoms with Crippen LogP contribution in [0.25, 0.3) is 76.8 Å². The van der Waals surface area contributed by atoms with E-state index in [1.165, 1.54) is 88.0 Å². The SMILES string of the molecule is CC1(C)c2ccccc2-c2ccc(N(c3ccc(-c4ccccc4)cc3)c3ccc(-c4ccc5c6ccccc6c6ccccc6c5c4-c4ccccc4)cc3)cc21. The third-order valence-electron chi connectivity index (χ3n) is 12.5. The Morgan fingerprint density at radius 2 is 0.759 bits per heavy atom. The first-order valence-corrected chi connectivity index (χ1v) is 20.3. The number of rotatable bonds is 6. The molecule has 0 aromatic heterocycles. The zero-order chi connectivity index (χ0) is 38.8. The lowest BCUT2D eigenvalue weighted by Gasteiger charge is -2.28. The molecule has 0 saturated heterocycles. The van der Waals surface area contributed by atoms with E-state index in [4.69, 9.17) is 0 Å². The van der Waals surface area contributed by atoms with Gasteiger partial charge >= 0.3 is 0 Å². The molecule has 1 heteroatoms. The third kappa shape index (κ3) is 5.39. The molecule has 0 unspecified atom stereocenters. The summed E-state index contributed by atoms with van der Waals surface area (Å²) in [7, 11) is 0. The van der Waals surface area contributed by atoms with Gasteiger partial charge in [0.05, 0.1) is 0 Å². The quantitative estimate of drug-likeness (QED) is 0.154. The van der Waals surface area contributed by atoms with E-state index in [-0.39, 0.29) is 5.41 Å². The second kappa shape index (κ2) is 13.5. The van der Waals surface area contributed by atoms with Gasteiger partial charge in [-0.2, -0.15) is 0 Å². The van der Waals surface area contributed by atoms with Crippen LogP contribution in [0.5, 0.6) is 0 Å². The van der Waals surface area contributed by atoms with E-state index in [1.807, 2.05) is 0 Å². The summed E-state index contributed by atoms with van der Waals surface area (Å²) in [4.78, 5) is 2.41. The maximum Gasteiger partial charge on any atom is 0.0465 e. The first kappa shape index (κ1) is 34.1. The molecule has 0 spiro atoms. The topological polar surface area (TPSA) is 3.24 Å². The van der Waals surface area contributed by atoms with Crippen molar-refractivity contribution >= 4 is 49.4 Å². The molecule has 0 radical (unpaired) electrons. The number of anilines is 3. The molecule has 0 atom stereocenters. The summed E-state index contributed by atoms with van der Waals surface area (Å²) in [6.45, 7) is 4.71. The molecule has 0 N–H and O–H groups in total. The van der Waals surface area contributed by atoms with Crippen molar-refractivity contribution in [3.8, 4) is 44.5 Å². The number of hydrogen-bond acceptors (Lipinski definition) is 1. The van der Waals surface area contributed by atoms with Gasteiger partial charge in [0, 0.05) is 22.5 Å². The van der Waals surface area contributed by atoms with Crippen LogP contribution in [0.4, 0.5) is 17.1 Å². The van der Waals surface area contributed by atoms with Crippen LogP contribution >= 0.6 is 0 Å². The Morgan fingerprint density at radius 1 is 0.310 bits per heavy atom. The minimum absolute atomic E-state index is 0.103. The molecule has 0 heterocycles. The molecule has 1 nitrogen and oxygen atoms in total. The monoisotopic (exact) mass is 739 g/mol. The Morgan fingerprint density at radius 3 is 1.41 bits per heavy atom. The molecule has 1 aliphatic carbocycles. The summed E-state index contributed by atoms with van der Waals surface area (Å²) < 4.78 is 0. The van der Waals surface area contributed by atoms with Crippen molar-refractivity contribution in [2.45, 2.75) is 19.3 Å². The highest BCUT2D eigenvalue weighted by molar-refractivity contribution is 6.29. The fourth-order valence-corrected chi connectivity index (χ4v) is 9.64. The molecule has 11 rings (SSSR count). The highest BCUT2D eigenvalue weighted by Gasteiger charge is 2.35. The predicted octanol–water partition coefficient (Wildman–Crippen LogP) is 15.9. The minimum atomic E-state index is -0.103. The second-order valence-corrected chi connectivity index (χ2v) is 16.1. The standard InChI is InChI=1S/C57H41N/c1-57(2)53-24-14-13-22-49(53)50-34-33-44(37-54(50)57)58(42-29-25-39(26-30-42)38-15-5-3-6-16-38)43-31-27-40(28-32-43)45-35-36-52-48-21-10-9-19-46(48)47-20-11-12-23-51(47)56(52)55(45)41-17-7-4-8-18-41/h3-37H,1-2H3. The highest BCUT2D eigenvalue weighted by atomic mass is 15.1. The van der Waals surface area contributed by atoms with Crippen molar-refractivity contribution in [3.63, 3.8) is 0 Å². The molecule has 10 aromatic rings. The summed E-state index contributed by atoms with van der Waals surface area (Å²) in [5.74, 6) is 0. The number of benzene rings is 10. The van der Waals surface area contributed by atoms with Gasteiger partial charge in [0.25, 0.3) is 0 Å². The van der Waals surface area contributed by atoms with E-state index in [0.717, 1.165) is 17.1 Å². The molecule has 10 aromatic carbocycles. The van der Waals surface area contributed by atoms with Crippen molar-refractivity contribution in [1.82, 2.24) is 0 Å². The second-order valence-electron chi connectivity index (χ2n) is 16.1. The van der Waals surface area contributed by atoms with Crippen LogP contribution in [0, 0.1) is 0 Å². The zero-order valence-corrected chi connectivity index (χ0v) is 32.7. The van der Waals surface area contributed by atoms with Crippen LogP contribution < -0.4 is 4.90 Å². The van der Waals surface area contributed by atoms with Gasteiger partial charge in [0.15, 0.2) is 0 Å². The fourth-order valence-electron chi connectivity index (χ4n) is 9.64. The van der Waals surface area contributed by atoms with Gasteiger partial charge in [-0.05, 0) is 124 Å². The number of hydrogen-bond donors (Lipinski definition) is 0. The van der Waals surface area contributed by atoms with Crippen LogP contribution in [0.15, 0.2) is 212 Å². The summed E-state index contributed by atoms with van der Waals surface area (Å²) in [5.41, 5.74) is 16.0. The summed E-state index contributed by atoms with van der Waals surface area (Å²) in [6, 6.07) is 78.1. The smallest absolute Gasteiger partial charge is 0.0465 e. The van der Waals surface area contributed by atoms with Crippen molar-refractivity contribution in [3.05, 3.63) is 223 Å². The van der Waals surface area contributed by atoms with E-state index in [2.05, 4.69) is 231 Å². The van der Waals surface area contributed by atoms with Gasteiger partial charge in [0.1, 0.15) is 0 Å². The molecule has 0 aliphatic heterocycles. The Kier molecular flexibility index (Phi) is 7.91. The fraction of sp³-hybridized carbons (Fsp3) is 0.0526. The van der Waals surface area contributed by atoms with E-state index in [1.54, 1.807) is 0 Å². The maximum absolute atomic E-state index is 2.42. The van der Waals surface area contributed by atoms with Crippen LogP contribution in [0.2, 0.25) is 0 Å². The highest BCUT2D eigenvalue weighted by Crippen LogP contribution is 2.51. The van der Waals surface area contributed by atoms with Crippen LogP contribution in [-0.4, -0.2) is 0 Å². The minimum Gasteiger partial charge on any atom is -0.310 e. The zero-order valence-electron chi connectivity index (χ0n) is 32.7. The number of nitrogens with zero attached hydrogens (tertiary/aromatic N) is 1. The average molecular weight is 740 g/mol. The van der Waals surface area contributed by atoms with Crippen LogP contribution in [0.3, 0.4) is 0 Å². The van der Waals surface area contributed by atoms with Crippen molar-refractivity contribution in [1.29, 1.82) is 0 Å². The molecule has 1 aliphatic rings. The molecule has 58 heavy (non-hydrogen) atoms. The third-order valence-corrected chi connectivity index (χ3v) is 12.5. The predicted molar refractivity (Wildman–Crippen MR) is 248 cm³/mol. The van der Waals surface area contributed by atoms with Gasteiger partial charge < -0.3 is 4.90 Å². The molecule has 0 amide bonds. The van der Waals surface area contributed by atoms with E-state index in [9.17, 15) is 0 Å². The van der Waals surface area contributed by atoms with Gasteiger partial charge in [-0.3, -0.25) is 0 Å². The molecule has 274 valence electrons. The van der Waals surface area contributed by atoms with E-state index < -0.39 is 0 Å². The average Bonchev–Trinajstić information content (AvgIpc) is 3.52. The van der Waals surface area contributed by atoms with E-state index >= 15 is 0 Å². The maximum atomic E-state index is 2.42. The van der Waals surface area contributed by atoms with Crippen molar-refractivity contribution in [2.24, 2.45) is 0 Å². The Labute approximate surface area is 340 Å². The van der Waals surface area contributed by atoms with Crippen LogP contribution in [-0.2, 0) is 5.41 Å². The van der Waals surface area contributed by atoms with Gasteiger partial charge in [-0.25, -0.2) is 0 Å². The molecule has 0 bridgehead atoms. The lowest BCUT2D eigenvalue weighted by molar-refractivity contribution is 0.660. The summed E-state index contributed by atoms with van der Waals surface area (Å²) in [5, 5.41) is 7.71. The Bertz CT molecular complexity index is 3120. The first-order chi connectivity index (χ1) is 28.5. The van der Waals surface area contributed by atoms with Gasteiger partial charge in [-0.1, -0.05) is 190 Å². The van der Waals surface area contributed by atoms with Gasteiger partial charge in [0.2, 0.25) is 0 Å². The molecular weight excluding hydrogens is 699 g/mol. The molecular formula is C57H41N. The lowest BCUT2D eigenvalue weighted by Crippen LogP contribution is -2.16. The Hall–Kier alpha value is -7.22. The summed E-state index contributed by atoms with van der Waals surface area (Å²) in [6.07, 6.45) is 0.